The van der Waals surface area contributed by atoms with Crippen LogP contribution < -0.4 is 5.32 Å². The lowest BCUT2D eigenvalue weighted by molar-refractivity contribution is 0.0905. The lowest BCUT2D eigenvalue weighted by atomic mass is 9.94. The molecule has 1 aromatic carbocycles. The quantitative estimate of drug-likeness (QED) is 0.884. The molecule has 0 fully saturated rings. The van der Waals surface area contributed by atoms with Crippen molar-refractivity contribution in [3.63, 3.8) is 0 Å². The van der Waals surface area contributed by atoms with Crippen LogP contribution in [-0.2, 0) is 5.54 Å². The molecular formula is C13H13BrN2O2. The molecular weight excluding hydrogens is 296 g/mol. The van der Waals surface area contributed by atoms with Crippen LogP contribution >= 0.6 is 15.9 Å². The number of alkyl halides is 1. The highest BCUT2D eigenvalue weighted by Gasteiger charge is 2.28. The average Bonchev–Trinajstić information content (AvgIpc) is 2.93. The Morgan fingerprint density at radius 3 is 2.67 bits per heavy atom. The summed E-state index contributed by atoms with van der Waals surface area (Å²) in [6.45, 7) is 1.95. The van der Waals surface area contributed by atoms with Gasteiger partial charge in [0.2, 0.25) is 0 Å². The highest BCUT2D eigenvalue weighted by Crippen LogP contribution is 2.23. The predicted molar refractivity (Wildman–Crippen MR) is 71.6 cm³/mol. The minimum Gasteiger partial charge on any atom is -0.364 e. The number of benzene rings is 1. The van der Waals surface area contributed by atoms with Crippen molar-refractivity contribution >= 4 is 21.8 Å². The summed E-state index contributed by atoms with van der Waals surface area (Å²) in [5.41, 5.74) is 0.814. The molecule has 1 N–H and O–H groups in total. The molecule has 1 heterocycles. The van der Waals surface area contributed by atoms with E-state index in [-0.39, 0.29) is 11.6 Å². The maximum absolute atomic E-state index is 12.0. The number of carbonyl (C=O) groups is 1. The molecule has 18 heavy (non-hydrogen) atoms. The average molecular weight is 309 g/mol. The van der Waals surface area contributed by atoms with Crippen molar-refractivity contribution in [1.82, 2.24) is 10.5 Å². The van der Waals surface area contributed by atoms with E-state index in [1.165, 1.54) is 12.3 Å². The van der Waals surface area contributed by atoms with Crippen LogP contribution in [0.15, 0.2) is 47.2 Å². The standard InChI is InChI=1S/C13H13BrN2O2/c1-13(9-14,10-5-3-2-4-6-10)15-12(17)11-7-8-18-16-11/h2-8H,9H2,1H3,(H,15,17). The van der Waals surface area contributed by atoms with Crippen molar-refractivity contribution in [3.8, 4) is 0 Å². The number of nitrogens with one attached hydrogen (secondary N) is 1. The van der Waals surface area contributed by atoms with E-state index in [9.17, 15) is 4.79 Å². The Kier molecular flexibility index (Phi) is 3.81. The van der Waals surface area contributed by atoms with Crippen LogP contribution in [0.5, 0.6) is 0 Å². The zero-order valence-corrected chi connectivity index (χ0v) is 11.5. The monoisotopic (exact) mass is 308 g/mol. The van der Waals surface area contributed by atoms with E-state index in [4.69, 9.17) is 0 Å². The van der Waals surface area contributed by atoms with Gasteiger partial charge >= 0.3 is 0 Å². The van der Waals surface area contributed by atoms with E-state index >= 15 is 0 Å². The number of aromatic nitrogens is 1. The summed E-state index contributed by atoms with van der Waals surface area (Å²) in [4.78, 5) is 12.0. The van der Waals surface area contributed by atoms with Crippen molar-refractivity contribution < 1.29 is 9.32 Å². The molecule has 5 heteroatoms. The molecule has 2 rings (SSSR count). The Morgan fingerprint density at radius 2 is 2.11 bits per heavy atom. The van der Waals surface area contributed by atoms with Crippen molar-refractivity contribution in [2.24, 2.45) is 0 Å². The Balaban J connectivity index is 2.21. The lowest BCUT2D eigenvalue weighted by Crippen LogP contribution is -2.45. The second kappa shape index (κ2) is 5.35. The molecule has 0 spiro atoms. The van der Waals surface area contributed by atoms with Crippen LogP contribution in [-0.4, -0.2) is 16.4 Å². The fourth-order valence-corrected chi connectivity index (χ4v) is 2.10. The van der Waals surface area contributed by atoms with Gasteiger partial charge in [-0.05, 0) is 12.5 Å². The number of halogens is 1. The molecule has 0 radical (unpaired) electrons. The number of hydrogen-bond acceptors (Lipinski definition) is 3. The maximum atomic E-state index is 12.0. The summed E-state index contributed by atoms with van der Waals surface area (Å²) in [7, 11) is 0. The second-order valence-electron chi connectivity index (χ2n) is 4.17. The fourth-order valence-electron chi connectivity index (χ4n) is 1.63. The Morgan fingerprint density at radius 1 is 1.39 bits per heavy atom. The summed E-state index contributed by atoms with van der Waals surface area (Å²) in [5.74, 6) is -0.255. The van der Waals surface area contributed by atoms with E-state index in [1.807, 2.05) is 37.3 Å². The van der Waals surface area contributed by atoms with Gasteiger partial charge in [0.15, 0.2) is 5.69 Å². The summed E-state index contributed by atoms with van der Waals surface area (Å²) >= 11 is 3.44. The van der Waals surface area contributed by atoms with Crippen LogP contribution in [0, 0.1) is 0 Å². The lowest BCUT2D eigenvalue weighted by Gasteiger charge is -2.29. The van der Waals surface area contributed by atoms with E-state index in [0.717, 1.165) is 5.56 Å². The van der Waals surface area contributed by atoms with Crippen LogP contribution in [0.3, 0.4) is 0 Å². The number of rotatable bonds is 4. The molecule has 1 amide bonds. The van der Waals surface area contributed by atoms with Gasteiger partial charge < -0.3 is 9.84 Å². The zero-order chi connectivity index (χ0) is 13.0. The molecule has 0 bridgehead atoms. The van der Waals surface area contributed by atoms with Gasteiger partial charge in [-0.3, -0.25) is 4.79 Å². The van der Waals surface area contributed by atoms with Crippen LogP contribution in [0.4, 0.5) is 0 Å². The van der Waals surface area contributed by atoms with E-state index in [1.54, 1.807) is 0 Å². The van der Waals surface area contributed by atoms with Gasteiger partial charge in [-0.15, -0.1) is 0 Å². The highest BCUT2D eigenvalue weighted by molar-refractivity contribution is 9.09. The summed E-state index contributed by atoms with van der Waals surface area (Å²) in [6.07, 6.45) is 1.38. The molecule has 0 aliphatic carbocycles. The molecule has 0 saturated carbocycles. The second-order valence-corrected chi connectivity index (χ2v) is 4.73. The molecule has 1 atom stereocenters. The number of hydrogen-bond donors (Lipinski definition) is 1. The van der Waals surface area contributed by atoms with Gasteiger partial charge in [-0.2, -0.15) is 0 Å². The SMILES string of the molecule is CC(CBr)(NC(=O)c1ccon1)c1ccccc1. The summed E-state index contributed by atoms with van der Waals surface area (Å²) in [5, 5.41) is 7.18. The first kappa shape index (κ1) is 12.8. The minimum atomic E-state index is -0.489. The molecule has 0 saturated heterocycles. The third kappa shape index (κ3) is 2.61. The summed E-state index contributed by atoms with van der Waals surface area (Å²) in [6, 6.07) is 11.3. The fraction of sp³-hybridized carbons (Fsp3) is 0.231. The molecule has 2 aromatic rings. The van der Waals surface area contributed by atoms with Crippen molar-refractivity contribution in [3.05, 3.63) is 53.9 Å². The first-order valence-corrected chi connectivity index (χ1v) is 6.62. The van der Waals surface area contributed by atoms with Crippen LogP contribution in [0.1, 0.15) is 23.0 Å². The van der Waals surface area contributed by atoms with E-state index in [0.29, 0.717) is 5.33 Å². The number of amides is 1. The van der Waals surface area contributed by atoms with Crippen molar-refractivity contribution in [2.45, 2.75) is 12.5 Å². The number of carbonyl (C=O) groups excluding carboxylic acids is 1. The van der Waals surface area contributed by atoms with Crippen molar-refractivity contribution in [2.75, 3.05) is 5.33 Å². The predicted octanol–water partition coefficient (Wildman–Crippen LogP) is 2.71. The van der Waals surface area contributed by atoms with Crippen LogP contribution in [0.25, 0.3) is 0 Å². The molecule has 0 aliphatic rings. The van der Waals surface area contributed by atoms with Gasteiger partial charge in [0, 0.05) is 11.4 Å². The van der Waals surface area contributed by atoms with Gasteiger partial charge in [-0.1, -0.05) is 51.4 Å². The third-order valence-electron chi connectivity index (χ3n) is 2.74. The topological polar surface area (TPSA) is 55.1 Å². The van der Waals surface area contributed by atoms with Gasteiger partial charge in [0.1, 0.15) is 6.26 Å². The van der Waals surface area contributed by atoms with Crippen LogP contribution in [0.2, 0.25) is 0 Å². The molecule has 0 aliphatic heterocycles. The molecule has 1 unspecified atom stereocenters. The largest absolute Gasteiger partial charge is 0.364 e. The normalized spacial score (nSPS) is 13.9. The van der Waals surface area contributed by atoms with Crippen molar-refractivity contribution in [1.29, 1.82) is 0 Å². The zero-order valence-electron chi connectivity index (χ0n) is 9.89. The van der Waals surface area contributed by atoms with Gasteiger partial charge in [0.25, 0.3) is 5.91 Å². The van der Waals surface area contributed by atoms with E-state index < -0.39 is 5.54 Å². The van der Waals surface area contributed by atoms with Gasteiger partial charge in [0.05, 0.1) is 5.54 Å². The minimum absolute atomic E-state index is 0.255. The highest BCUT2D eigenvalue weighted by atomic mass is 79.9. The smallest absolute Gasteiger partial charge is 0.274 e. The first-order chi connectivity index (χ1) is 8.65. The molecule has 1 aromatic heterocycles. The van der Waals surface area contributed by atoms with Gasteiger partial charge in [-0.25, -0.2) is 0 Å². The molecule has 4 nitrogen and oxygen atoms in total. The maximum Gasteiger partial charge on any atom is 0.274 e. The Hall–Kier alpha value is -1.62. The number of nitrogens with zero attached hydrogens (tertiary/aromatic N) is 1. The Bertz CT molecular complexity index is 513. The Labute approximate surface area is 113 Å². The first-order valence-electron chi connectivity index (χ1n) is 5.50. The summed E-state index contributed by atoms with van der Waals surface area (Å²) < 4.78 is 4.67. The molecule has 94 valence electrons. The van der Waals surface area contributed by atoms with E-state index in [2.05, 4.69) is 30.9 Å². The third-order valence-corrected chi connectivity index (χ3v) is 3.86.